The Balaban J connectivity index is 1.96. The Morgan fingerprint density at radius 2 is 1.85 bits per heavy atom. The lowest BCUT2D eigenvalue weighted by molar-refractivity contribution is 0.629. The molecular formula is C20H13ClFN3O2. The van der Waals surface area contributed by atoms with Crippen molar-refractivity contribution in [2.75, 3.05) is 0 Å². The van der Waals surface area contributed by atoms with Gasteiger partial charge in [0.25, 0.3) is 5.56 Å². The van der Waals surface area contributed by atoms with Gasteiger partial charge in [-0.05, 0) is 35.9 Å². The van der Waals surface area contributed by atoms with Crippen LogP contribution in [0.4, 0.5) is 4.39 Å². The van der Waals surface area contributed by atoms with Crippen LogP contribution in [-0.2, 0) is 7.05 Å². The fourth-order valence-electron chi connectivity index (χ4n) is 3.05. The predicted octanol–water partition coefficient (Wildman–Crippen LogP) is 3.75. The van der Waals surface area contributed by atoms with Gasteiger partial charge in [-0.1, -0.05) is 29.8 Å². The van der Waals surface area contributed by atoms with Crippen LogP contribution < -0.4 is 11.2 Å². The van der Waals surface area contributed by atoms with Crippen LogP contribution in [0.15, 0.2) is 64.3 Å². The van der Waals surface area contributed by atoms with Crippen molar-refractivity contribution in [2.45, 2.75) is 0 Å². The zero-order chi connectivity index (χ0) is 19.1. The fourth-order valence-corrected chi connectivity index (χ4v) is 3.16. The van der Waals surface area contributed by atoms with Gasteiger partial charge in [-0.15, -0.1) is 0 Å². The number of pyridine rings is 1. The molecule has 1 N–H and O–H groups in total. The number of aromatic nitrogens is 3. The Kier molecular flexibility index (Phi) is 4.12. The summed E-state index contributed by atoms with van der Waals surface area (Å²) < 4.78 is 15.3. The molecule has 4 aromatic rings. The van der Waals surface area contributed by atoms with E-state index in [4.69, 9.17) is 11.6 Å². The van der Waals surface area contributed by atoms with Crippen molar-refractivity contribution in [3.8, 4) is 22.4 Å². The molecule has 2 heterocycles. The first-order valence-corrected chi connectivity index (χ1v) is 8.47. The molecule has 0 unspecified atom stereocenters. The van der Waals surface area contributed by atoms with Gasteiger partial charge < -0.3 is 0 Å². The summed E-state index contributed by atoms with van der Waals surface area (Å²) in [6.07, 6.45) is 1.63. The van der Waals surface area contributed by atoms with E-state index >= 15 is 0 Å². The topological polar surface area (TPSA) is 67.8 Å². The molecule has 4 rings (SSSR count). The molecule has 2 aromatic carbocycles. The number of nitrogens with zero attached hydrogens (tertiary/aromatic N) is 2. The van der Waals surface area contributed by atoms with Gasteiger partial charge in [0, 0.05) is 24.4 Å². The van der Waals surface area contributed by atoms with Crippen LogP contribution in [0, 0.1) is 5.82 Å². The molecular weight excluding hydrogens is 369 g/mol. The van der Waals surface area contributed by atoms with Crippen molar-refractivity contribution in [3.63, 3.8) is 0 Å². The highest BCUT2D eigenvalue weighted by Gasteiger charge is 2.13. The minimum Gasteiger partial charge on any atom is -0.296 e. The molecule has 0 saturated heterocycles. The number of H-pyrrole nitrogens is 1. The average Bonchev–Trinajstić information content (AvgIpc) is 2.68. The molecule has 27 heavy (non-hydrogen) atoms. The van der Waals surface area contributed by atoms with Gasteiger partial charge in [0.05, 0.1) is 21.6 Å². The van der Waals surface area contributed by atoms with Crippen LogP contribution >= 0.6 is 11.6 Å². The summed E-state index contributed by atoms with van der Waals surface area (Å²) >= 11 is 5.78. The quantitative estimate of drug-likeness (QED) is 0.575. The smallest absolute Gasteiger partial charge is 0.296 e. The summed E-state index contributed by atoms with van der Waals surface area (Å²) in [5.74, 6) is -0.520. The van der Waals surface area contributed by atoms with Crippen LogP contribution in [-0.4, -0.2) is 14.5 Å². The Morgan fingerprint density at radius 3 is 2.63 bits per heavy atom. The van der Waals surface area contributed by atoms with E-state index in [-0.39, 0.29) is 5.02 Å². The van der Waals surface area contributed by atoms with Gasteiger partial charge in [-0.2, -0.15) is 0 Å². The standard InChI is InChI=1S/C20H13ClFN3O2/c1-25-17-7-5-12(9-14(17)19(26)24-20(25)27)18-13(3-2-8-23-18)11-4-6-15(21)16(22)10-11/h2-10H,1H3,(H,24,26,27). The van der Waals surface area contributed by atoms with Gasteiger partial charge in [0.1, 0.15) is 5.82 Å². The molecule has 7 heteroatoms. The lowest BCUT2D eigenvalue weighted by Gasteiger charge is -2.11. The lowest BCUT2D eigenvalue weighted by atomic mass is 9.98. The van der Waals surface area contributed by atoms with Crippen LogP contribution in [0.25, 0.3) is 33.3 Å². The number of benzene rings is 2. The monoisotopic (exact) mass is 381 g/mol. The SMILES string of the molecule is Cn1c(=O)[nH]c(=O)c2cc(-c3ncccc3-c3ccc(Cl)c(F)c3)ccc21. The second-order valence-electron chi connectivity index (χ2n) is 6.08. The molecule has 0 aliphatic carbocycles. The maximum atomic E-state index is 13.9. The molecule has 134 valence electrons. The Bertz CT molecular complexity index is 1310. The largest absolute Gasteiger partial charge is 0.328 e. The minimum atomic E-state index is -0.520. The van der Waals surface area contributed by atoms with Crippen molar-refractivity contribution in [1.29, 1.82) is 0 Å². The number of rotatable bonds is 2. The van der Waals surface area contributed by atoms with Crippen LogP contribution in [0.2, 0.25) is 5.02 Å². The van der Waals surface area contributed by atoms with Crippen molar-refractivity contribution in [2.24, 2.45) is 7.05 Å². The number of halogens is 2. The second kappa shape index (κ2) is 6.48. The molecule has 0 amide bonds. The van der Waals surface area contributed by atoms with Gasteiger partial charge in [-0.3, -0.25) is 19.3 Å². The van der Waals surface area contributed by atoms with Gasteiger partial charge in [0.2, 0.25) is 0 Å². The number of nitrogens with one attached hydrogen (secondary N) is 1. The molecule has 0 spiro atoms. The average molecular weight is 382 g/mol. The van der Waals surface area contributed by atoms with Crippen molar-refractivity contribution in [3.05, 3.63) is 86.4 Å². The molecule has 0 radical (unpaired) electrons. The van der Waals surface area contributed by atoms with E-state index in [0.717, 1.165) is 0 Å². The maximum Gasteiger partial charge on any atom is 0.328 e. The number of aryl methyl sites for hydroxylation is 1. The molecule has 5 nitrogen and oxygen atoms in total. The third kappa shape index (κ3) is 2.94. The number of hydrogen-bond donors (Lipinski definition) is 1. The highest BCUT2D eigenvalue weighted by Crippen LogP contribution is 2.32. The van der Waals surface area contributed by atoms with Gasteiger partial charge in [0.15, 0.2) is 0 Å². The zero-order valence-corrected chi connectivity index (χ0v) is 14.9. The van der Waals surface area contributed by atoms with Crippen molar-refractivity contribution in [1.82, 2.24) is 14.5 Å². The molecule has 0 aliphatic heterocycles. The molecule has 0 bridgehead atoms. The van der Waals surface area contributed by atoms with E-state index in [1.54, 1.807) is 43.6 Å². The Labute approximate surface area is 157 Å². The summed E-state index contributed by atoms with van der Waals surface area (Å²) in [6, 6.07) is 13.3. The number of fused-ring (bicyclic) bond motifs is 1. The first kappa shape index (κ1) is 17.2. The van der Waals surface area contributed by atoms with E-state index < -0.39 is 17.1 Å². The summed E-state index contributed by atoms with van der Waals surface area (Å²) in [6.45, 7) is 0. The summed E-state index contributed by atoms with van der Waals surface area (Å²) in [5.41, 5.74) is 2.16. The third-order valence-corrected chi connectivity index (χ3v) is 4.75. The molecule has 2 aromatic heterocycles. The van der Waals surface area contributed by atoms with Crippen molar-refractivity contribution >= 4 is 22.5 Å². The van der Waals surface area contributed by atoms with E-state index in [2.05, 4.69) is 9.97 Å². The number of hydrogen-bond acceptors (Lipinski definition) is 3. The van der Waals surface area contributed by atoms with E-state index in [1.807, 2.05) is 6.07 Å². The van der Waals surface area contributed by atoms with E-state index in [9.17, 15) is 14.0 Å². The van der Waals surface area contributed by atoms with Gasteiger partial charge in [-0.25, -0.2) is 9.18 Å². The van der Waals surface area contributed by atoms with E-state index in [0.29, 0.717) is 33.3 Å². The second-order valence-corrected chi connectivity index (χ2v) is 6.49. The van der Waals surface area contributed by atoms with Gasteiger partial charge >= 0.3 is 5.69 Å². The third-order valence-electron chi connectivity index (χ3n) is 4.44. The highest BCUT2D eigenvalue weighted by atomic mass is 35.5. The fraction of sp³-hybridized carbons (Fsp3) is 0.0500. The molecule has 0 atom stereocenters. The summed E-state index contributed by atoms with van der Waals surface area (Å²) in [4.78, 5) is 30.7. The summed E-state index contributed by atoms with van der Waals surface area (Å²) in [5, 5.41) is 0.413. The maximum absolute atomic E-state index is 13.9. The zero-order valence-electron chi connectivity index (χ0n) is 14.2. The minimum absolute atomic E-state index is 0.0438. The predicted molar refractivity (Wildman–Crippen MR) is 103 cm³/mol. The Hall–Kier alpha value is -3.25. The molecule has 0 fully saturated rings. The van der Waals surface area contributed by atoms with Crippen LogP contribution in [0.1, 0.15) is 0 Å². The molecule has 0 saturated carbocycles. The highest BCUT2D eigenvalue weighted by molar-refractivity contribution is 6.30. The first-order chi connectivity index (χ1) is 13.0. The lowest BCUT2D eigenvalue weighted by Crippen LogP contribution is -2.28. The Morgan fingerprint density at radius 1 is 1.07 bits per heavy atom. The number of aromatic amines is 1. The first-order valence-electron chi connectivity index (χ1n) is 8.09. The van der Waals surface area contributed by atoms with Crippen LogP contribution in [0.5, 0.6) is 0 Å². The van der Waals surface area contributed by atoms with E-state index in [1.165, 1.54) is 16.7 Å². The van der Waals surface area contributed by atoms with Crippen LogP contribution in [0.3, 0.4) is 0 Å². The normalized spacial score (nSPS) is 11.1. The summed E-state index contributed by atoms with van der Waals surface area (Å²) in [7, 11) is 1.59. The molecule has 0 aliphatic rings. The van der Waals surface area contributed by atoms with Crippen molar-refractivity contribution < 1.29 is 4.39 Å².